The fourth-order valence-electron chi connectivity index (χ4n) is 1.32. The van der Waals surface area contributed by atoms with Crippen molar-refractivity contribution in [1.29, 1.82) is 0 Å². The first-order chi connectivity index (χ1) is 8.90. The summed E-state index contributed by atoms with van der Waals surface area (Å²) >= 11 is 0. The fourth-order valence-corrected chi connectivity index (χ4v) is 1.32. The van der Waals surface area contributed by atoms with Crippen molar-refractivity contribution in [3.8, 4) is 0 Å². The predicted octanol–water partition coefficient (Wildman–Crippen LogP) is 1.28. The molecule has 7 heteroatoms. The molecule has 0 unspecified atom stereocenters. The summed E-state index contributed by atoms with van der Waals surface area (Å²) in [6.07, 6.45) is -0.262. The maximum atomic E-state index is 11.7. The number of esters is 1. The molecule has 0 saturated carbocycles. The van der Waals surface area contributed by atoms with Crippen LogP contribution in [0.1, 0.15) is 24.2 Å². The molecule has 7 nitrogen and oxygen atoms in total. The highest BCUT2D eigenvalue weighted by Crippen LogP contribution is 2.12. The highest BCUT2D eigenvalue weighted by atomic mass is 16.6. The lowest BCUT2D eigenvalue weighted by Crippen LogP contribution is -2.31. The van der Waals surface area contributed by atoms with Crippen LogP contribution < -0.4 is 5.32 Å². The Hall–Kier alpha value is -2.44. The molecule has 0 aliphatic heterocycles. The van der Waals surface area contributed by atoms with Crippen molar-refractivity contribution in [3.05, 3.63) is 39.9 Å². The number of carbonyl (C=O) groups excluding carboxylic acids is 2. The topological polar surface area (TPSA) is 98.5 Å². The Labute approximate surface area is 109 Å². The molecule has 0 heterocycles. The van der Waals surface area contributed by atoms with Crippen LogP contribution in [0.25, 0.3) is 0 Å². The van der Waals surface area contributed by atoms with Gasteiger partial charge in [-0.15, -0.1) is 0 Å². The molecule has 0 aliphatic rings. The van der Waals surface area contributed by atoms with Gasteiger partial charge in [-0.1, -0.05) is 6.07 Å². The van der Waals surface area contributed by atoms with Crippen LogP contribution in [-0.2, 0) is 9.53 Å². The van der Waals surface area contributed by atoms with E-state index in [4.69, 9.17) is 4.74 Å². The van der Waals surface area contributed by atoms with Gasteiger partial charge in [0, 0.05) is 17.7 Å². The number of hydrogen-bond acceptors (Lipinski definition) is 5. The van der Waals surface area contributed by atoms with Crippen LogP contribution in [0.2, 0.25) is 0 Å². The molecular weight excluding hydrogens is 252 g/mol. The Morgan fingerprint density at radius 1 is 1.42 bits per heavy atom. The van der Waals surface area contributed by atoms with E-state index in [1.54, 1.807) is 13.8 Å². The fraction of sp³-hybridized carbons (Fsp3) is 0.333. The lowest BCUT2D eigenvalue weighted by atomic mass is 10.2. The van der Waals surface area contributed by atoms with E-state index in [9.17, 15) is 19.7 Å². The number of nitrogens with zero attached hydrogens (tertiary/aromatic N) is 1. The Balaban J connectivity index is 2.61. The van der Waals surface area contributed by atoms with Crippen molar-refractivity contribution in [2.24, 2.45) is 0 Å². The van der Waals surface area contributed by atoms with Crippen LogP contribution in [0.4, 0.5) is 5.69 Å². The molecule has 19 heavy (non-hydrogen) atoms. The van der Waals surface area contributed by atoms with Crippen LogP contribution in [0, 0.1) is 10.1 Å². The molecule has 0 saturated heterocycles. The van der Waals surface area contributed by atoms with Crippen LogP contribution >= 0.6 is 0 Å². The van der Waals surface area contributed by atoms with Gasteiger partial charge in [0.1, 0.15) is 6.54 Å². The summed E-state index contributed by atoms with van der Waals surface area (Å²) in [6.45, 7) is 3.11. The molecule has 0 fully saturated rings. The number of nitrogens with one attached hydrogen (secondary N) is 1. The molecule has 1 aromatic rings. The van der Waals surface area contributed by atoms with Crippen LogP contribution in [-0.4, -0.2) is 29.4 Å². The molecule has 0 spiro atoms. The maximum Gasteiger partial charge on any atom is 0.325 e. The molecule has 0 atom stereocenters. The monoisotopic (exact) mass is 266 g/mol. The SMILES string of the molecule is CC(C)OC(=O)CNC(=O)c1cccc([N+](=O)[O-])c1. The number of carbonyl (C=O) groups is 2. The minimum absolute atomic E-state index is 0.117. The van der Waals surface area contributed by atoms with Crippen molar-refractivity contribution in [2.75, 3.05) is 6.54 Å². The van der Waals surface area contributed by atoms with Gasteiger partial charge in [0.15, 0.2) is 0 Å². The number of amides is 1. The van der Waals surface area contributed by atoms with E-state index in [0.29, 0.717) is 0 Å². The van der Waals surface area contributed by atoms with Gasteiger partial charge in [0.05, 0.1) is 11.0 Å². The summed E-state index contributed by atoms with van der Waals surface area (Å²) in [7, 11) is 0. The van der Waals surface area contributed by atoms with E-state index in [1.165, 1.54) is 18.2 Å². The number of nitro benzene ring substituents is 1. The van der Waals surface area contributed by atoms with E-state index in [-0.39, 0.29) is 23.9 Å². The van der Waals surface area contributed by atoms with Gasteiger partial charge in [0.25, 0.3) is 11.6 Å². The maximum absolute atomic E-state index is 11.7. The molecule has 102 valence electrons. The third kappa shape index (κ3) is 4.74. The predicted molar refractivity (Wildman–Crippen MR) is 66.7 cm³/mol. The molecule has 0 aromatic heterocycles. The normalized spacial score (nSPS) is 10.1. The summed E-state index contributed by atoms with van der Waals surface area (Å²) in [4.78, 5) is 32.9. The van der Waals surface area contributed by atoms with E-state index in [0.717, 1.165) is 6.07 Å². The van der Waals surface area contributed by atoms with Crippen LogP contribution in [0.15, 0.2) is 24.3 Å². The van der Waals surface area contributed by atoms with Gasteiger partial charge in [-0.05, 0) is 19.9 Å². The van der Waals surface area contributed by atoms with Crippen LogP contribution in [0.3, 0.4) is 0 Å². The molecule has 0 bridgehead atoms. The molecule has 1 rings (SSSR count). The van der Waals surface area contributed by atoms with Crippen molar-refractivity contribution < 1.29 is 19.2 Å². The molecular formula is C12H14N2O5. The summed E-state index contributed by atoms with van der Waals surface area (Å²) < 4.78 is 4.84. The highest BCUT2D eigenvalue weighted by molar-refractivity contribution is 5.96. The van der Waals surface area contributed by atoms with Gasteiger partial charge in [-0.25, -0.2) is 0 Å². The van der Waals surface area contributed by atoms with Crippen molar-refractivity contribution in [3.63, 3.8) is 0 Å². The first kappa shape index (κ1) is 14.6. The second kappa shape index (κ2) is 6.48. The number of benzene rings is 1. The average Bonchev–Trinajstić information content (AvgIpc) is 2.35. The molecule has 0 aliphatic carbocycles. The second-order valence-corrected chi connectivity index (χ2v) is 4.03. The van der Waals surface area contributed by atoms with E-state index < -0.39 is 16.8 Å². The van der Waals surface area contributed by atoms with Crippen LogP contribution in [0.5, 0.6) is 0 Å². The Morgan fingerprint density at radius 2 is 2.11 bits per heavy atom. The number of hydrogen-bond donors (Lipinski definition) is 1. The molecule has 1 aromatic carbocycles. The smallest absolute Gasteiger partial charge is 0.325 e. The number of nitro groups is 1. The summed E-state index contributed by atoms with van der Waals surface area (Å²) in [5, 5.41) is 12.9. The quantitative estimate of drug-likeness (QED) is 0.491. The zero-order chi connectivity index (χ0) is 14.4. The first-order valence-electron chi connectivity index (χ1n) is 5.62. The number of ether oxygens (including phenoxy) is 1. The third-order valence-electron chi connectivity index (χ3n) is 2.08. The third-order valence-corrected chi connectivity index (χ3v) is 2.08. The zero-order valence-electron chi connectivity index (χ0n) is 10.6. The highest BCUT2D eigenvalue weighted by Gasteiger charge is 2.13. The summed E-state index contributed by atoms with van der Waals surface area (Å²) in [5.41, 5.74) is -0.0658. The average molecular weight is 266 g/mol. The minimum Gasteiger partial charge on any atom is -0.462 e. The first-order valence-corrected chi connectivity index (χ1v) is 5.62. The van der Waals surface area contributed by atoms with Crippen molar-refractivity contribution >= 4 is 17.6 Å². The summed E-state index contributed by atoms with van der Waals surface area (Å²) in [5.74, 6) is -1.13. The second-order valence-electron chi connectivity index (χ2n) is 4.03. The van der Waals surface area contributed by atoms with Gasteiger partial charge in [0.2, 0.25) is 0 Å². The van der Waals surface area contributed by atoms with Crippen molar-refractivity contribution in [1.82, 2.24) is 5.32 Å². The van der Waals surface area contributed by atoms with E-state index in [1.807, 2.05) is 0 Å². The molecule has 0 radical (unpaired) electrons. The number of non-ortho nitro benzene ring substituents is 1. The van der Waals surface area contributed by atoms with Gasteiger partial charge < -0.3 is 10.1 Å². The van der Waals surface area contributed by atoms with E-state index >= 15 is 0 Å². The standard InChI is InChI=1S/C12H14N2O5/c1-8(2)19-11(15)7-13-12(16)9-4-3-5-10(6-9)14(17)18/h3-6,8H,7H2,1-2H3,(H,13,16). The lowest BCUT2D eigenvalue weighted by Gasteiger charge is -2.08. The van der Waals surface area contributed by atoms with Gasteiger partial charge in [-0.2, -0.15) is 0 Å². The minimum atomic E-state index is -0.593. The zero-order valence-corrected chi connectivity index (χ0v) is 10.6. The largest absolute Gasteiger partial charge is 0.462 e. The Bertz CT molecular complexity index is 499. The number of rotatable bonds is 5. The summed E-state index contributed by atoms with van der Waals surface area (Å²) in [6, 6.07) is 5.25. The van der Waals surface area contributed by atoms with E-state index in [2.05, 4.69) is 5.32 Å². The lowest BCUT2D eigenvalue weighted by molar-refractivity contribution is -0.384. The Morgan fingerprint density at radius 3 is 2.68 bits per heavy atom. The molecule has 1 amide bonds. The van der Waals surface area contributed by atoms with Gasteiger partial charge >= 0.3 is 5.97 Å². The van der Waals surface area contributed by atoms with Crippen molar-refractivity contribution in [2.45, 2.75) is 20.0 Å². The Kier molecular flexibility index (Phi) is 4.99. The molecule has 1 N–H and O–H groups in total. The van der Waals surface area contributed by atoms with Gasteiger partial charge in [-0.3, -0.25) is 19.7 Å².